The van der Waals surface area contributed by atoms with Crippen LogP contribution in [0.4, 0.5) is 0 Å². The van der Waals surface area contributed by atoms with Crippen LogP contribution in [0.2, 0.25) is 0 Å². The summed E-state index contributed by atoms with van der Waals surface area (Å²) in [6.07, 6.45) is 8.48. The molecule has 52 heavy (non-hydrogen) atoms. The van der Waals surface area contributed by atoms with Crippen LogP contribution in [0, 0.1) is 29.1 Å². The smallest absolute Gasteiger partial charge is 0.164 e. The first-order chi connectivity index (χ1) is 25.6. The largest absolute Gasteiger partial charge is 0.208 e. The van der Waals surface area contributed by atoms with Crippen molar-refractivity contribution in [2.75, 3.05) is 0 Å². The third-order valence-electron chi connectivity index (χ3n) is 12.2. The fourth-order valence-electron chi connectivity index (χ4n) is 10.2. The van der Waals surface area contributed by atoms with E-state index in [0.29, 0.717) is 28.5 Å². The summed E-state index contributed by atoms with van der Waals surface area (Å²) in [6.45, 7) is 0. The molecule has 4 nitrogen and oxygen atoms in total. The molecule has 4 bridgehead atoms. The number of fused-ring (bicyclic) bond motifs is 1. The Bertz CT molecular complexity index is 2460. The van der Waals surface area contributed by atoms with E-state index in [0.717, 1.165) is 61.9 Å². The van der Waals surface area contributed by atoms with Gasteiger partial charge in [-0.3, -0.25) is 0 Å². The lowest BCUT2D eigenvalue weighted by Crippen LogP contribution is -2.48. The summed E-state index contributed by atoms with van der Waals surface area (Å²) in [6, 6.07) is 50.9. The standard InChI is InChI=1S/C48H38N4/c49-30-31-14-16-35(17-15-31)40-22-23-44(42-12-6-5-11-41(40)42)47-51-45(37-8-2-1-3-9-37)50-46(52-47)43-13-7-4-10-39(43)36-18-20-38(21-19-36)48-27-32-24-33(28-48)26-34(25-32)29-48/h1-23,32-34H,24-29H2. The van der Waals surface area contributed by atoms with Gasteiger partial charge in [0.15, 0.2) is 17.5 Å². The number of benzene rings is 6. The minimum absolute atomic E-state index is 0.374. The highest BCUT2D eigenvalue weighted by Crippen LogP contribution is 2.60. The summed E-state index contributed by atoms with van der Waals surface area (Å²) in [5.74, 6) is 4.71. The van der Waals surface area contributed by atoms with Gasteiger partial charge in [-0.15, -0.1) is 0 Å². The Hall–Kier alpha value is -5.92. The van der Waals surface area contributed by atoms with E-state index >= 15 is 0 Å². The van der Waals surface area contributed by atoms with Crippen molar-refractivity contribution in [2.24, 2.45) is 17.8 Å². The predicted octanol–water partition coefficient (Wildman–Crippen LogP) is 11.7. The lowest BCUT2D eigenvalue weighted by atomic mass is 9.48. The molecule has 6 aromatic carbocycles. The highest BCUT2D eigenvalue weighted by molar-refractivity contribution is 6.04. The van der Waals surface area contributed by atoms with Crippen molar-refractivity contribution in [3.63, 3.8) is 0 Å². The van der Waals surface area contributed by atoms with Crippen LogP contribution in [-0.2, 0) is 5.41 Å². The second-order valence-electron chi connectivity index (χ2n) is 15.4. The Labute approximate surface area is 304 Å². The summed E-state index contributed by atoms with van der Waals surface area (Å²) < 4.78 is 0. The van der Waals surface area contributed by atoms with Gasteiger partial charge in [0.25, 0.3) is 0 Å². The fourth-order valence-corrected chi connectivity index (χ4v) is 10.2. The molecule has 0 aliphatic heterocycles. The van der Waals surface area contributed by atoms with Crippen molar-refractivity contribution in [2.45, 2.75) is 43.9 Å². The van der Waals surface area contributed by atoms with Gasteiger partial charge in [-0.1, -0.05) is 121 Å². The third kappa shape index (κ3) is 5.31. The van der Waals surface area contributed by atoms with Gasteiger partial charge in [-0.25, -0.2) is 15.0 Å². The van der Waals surface area contributed by atoms with Gasteiger partial charge in [0.05, 0.1) is 11.6 Å². The Morgan fingerprint density at radius 2 is 0.942 bits per heavy atom. The molecule has 4 aliphatic rings. The number of hydrogen-bond acceptors (Lipinski definition) is 4. The molecule has 250 valence electrons. The average Bonchev–Trinajstić information content (AvgIpc) is 3.20. The Kier molecular flexibility index (Phi) is 7.35. The molecule has 1 heterocycles. The van der Waals surface area contributed by atoms with Crippen molar-refractivity contribution in [3.8, 4) is 62.5 Å². The second kappa shape index (κ2) is 12.4. The molecule has 4 heteroatoms. The summed E-state index contributed by atoms with van der Waals surface area (Å²) in [5.41, 5.74) is 9.92. The van der Waals surface area contributed by atoms with Gasteiger partial charge in [0, 0.05) is 16.7 Å². The first-order valence-corrected chi connectivity index (χ1v) is 18.7. The zero-order valence-corrected chi connectivity index (χ0v) is 29.0. The van der Waals surface area contributed by atoms with E-state index in [4.69, 9.17) is 15.0 Å². The molecular formula is C48H38N4. The molecule has 7 aromatic rings. The molecule has 4 saturated carbocycles. The van der Waals surface area contributed by atoms with E-state index in [9.17, 15) is 5.26 Å². The minimum Gasteiger partial charge on any atom is -0.208 e. The maximum absolute atomic E-state index is 9.35. The van der Waals surface area contributed by atoms with Gasteiger partial charge in [-0.2, -0.15) is 5.26 Å². The van der Waals surface area contributed by atoms with Crippen LogP contribution >= 0.6 is 0 Å². The number of nitrogens with zero attached hydrogens (tertiary/aromatic N) is 4. The maximum atomic E-state index is 9.35. The molecule has 0 spiro atoms. The lowest BCUT2D eigenvalue weighted by molar-refractivity contribution is -0.00518. The van der Waals surface area contributed by atoms with Crippen LogP contribution in [0.25, 0.3) is 67.2 Å². The molecular weight excluding hydrogens is 633 g/mol. The first-order valence-electron chi connectivity index (χ1n) is 18.7. The highest BCUT2D eigenvalue weighted by atomic mass is 15.0. The van der Waals surface area contributed by atoms with Gasteiger partial charge >= 0.3 is 0 Å². The molecule has 1 aromatic heterocycles. The topological polar surface area (TPSA) is 62.5 Å². The van der Waals surface area contributed by atoms with E-state index in [2.05, 4.69) is 103 Å². The van der Waals surface area contributed by atoms with E-state index in [1.807, 2.05) is 42.5 Å². The normalized spacial score (nSPS) is 21.6. The monoisotopic (exact) mass is 670 g/mol. The van der Waals surface area contributed by atoms with E-state index in [1.54, 1.807) is 0 Å². The Morgan fingerprint density at radius 1 is 0.442 bits per heavy atom. The maximum Gasteiger partial charge on any atom is 0.164 e. The Morgan fingerprint density at radius 3 is 1.60 bits per heavy atom. The van der Waals surface area contributed by atoms with Crippen LogP contribution in [0.3, 0.4) is 0 Å². The Balaban J connectivity index is 1.08. The first kappa shape index (κ1) is 30.9. The zero-order chi connectivity index (χ0) is 34.6. The van der Waals surface area contributed by atoms with E-state index in [-0.39, 0.29) is 0 Å². The summed E-state index contributed by atoms with van der Waals surface area (Å²) in [4.78, 5) is 15.5. The van der Waals surface area contributed by atoms with Crippen molar-refractivity contribution in [1.82, 2.24) is 15.0 Å². The van der Waals surface area contributed by atoms with Crippen molar-refractivity contribution in [1.29, 1.82) is 5.26 Å². The zero-order valence-electron chi connectivity index (χ0n) is 29.0. The molecule has 0 N–H and O–H groups in total. The van der Waals surface area contributed by atoms with Crippen molar-refractivity contribution < 1.29 is 0 Å². The van der Waals surface area contributed by atoms with E-state index < -0.39 is 0 Å². The molecule has 0 radical (unpaired) electrons. The number of aromatic nitrogens is 3. The highest BCUT2D eigenvalue weighted by Gasteiger charge is 2.51. The molecule has 0 amide bonds. The number of hydrogen-bond donors (Lipinski definition) is 0. The molecule has 0 saturated heterocycles. The summed E-state index contributed by atoms with van der Waals surface area (Å²) >= 11 is 0. The molecule has 4 fully saturated rings. The third-order valence-corrected chi connectivity index (χ3v) is 12.2. The number of nitriles is 1. The molecule has 4 aliphatic carbocycles. The molecule has 11 rings (SSSR count). The van der Waals surface area contributed by atoms with Crippen LogP contribution in [0.1, 0.15) is 49.7 Å². The minimum atomic E-state index is 0.374. The van der Waals surface area contributed by atoms with Gasteiger partial charge in [0.2, 0.25) is 0 Å². The van der Waals surface area contributed by atoms with Gasteiger partial charge in [-0.05, 0) is 118 Å². The number of rotatable bonds is 6. The second-order valence-corrected chi connectivity index (χ2v) is 15.4. The average molecular weight is 671 g/mol. The van der Waals surface area contributed by atoms with Gasteiger partial charge < -0.3 is 0 Å². The summed E-state index contributed by atoms with van der Waals surface area (Å²) in [7, 11) is 0. The quantitative estimate of drug-likeness (QED) is 0.177. The van der Waals surface area contributed by atoms with Crippen molar-refractivity contribution in [3.05, 3.63) is 151 Å². The van der Waals surface area contributed by atoms with Crippen LogP contribution in [0.15, 0.2) is 140 Å². The van der Waals surface area contributed by atoms with Crippen molar-refractivity contribution >= 4 is 10.8 Å². The van der Waals surface area contributed by atoms with Crippen LogP contribution < -0.4 is 0 Å². The molecule has 0 unspecified atom stereocenters. The predicted molar refractivity (Wildman–Crippen MR) is 209 cm³/mol. The van der Waals surface area contributed by atoms with E-state index in [1.165, 1.54) is 49.7 Å². The molecule has 0 atom stereocenters. The fraction of sp³-hybridized carbons (Fsp3) is 0.208. The van der Waals surface area contributed by atoms with Crippen LogP contribution in [0.5, 0.6) is 0 Å². The van der Waals surface area contributed by atoms with Gasteiger partial charge in [0.1, 0.15) is 0 Å². The SMILES string of the molecule is N#Cc1ccc(-c2ccc(-c3nc(-c4ccccc4)nc(-c4ccccc4-c4ccc(C56CC7CC(CC(C7)C5)C6)cc4)n3)c3ccccc23)cc1. The van der Waals surface area contributed by atoms with Crippen LogP contribution in [-0.4, -0.2) is 15.0 Å². The lowest BCUT2D eigenvalue weighted by Gasteiger charge is -2.57. The summed E-state index contributed by atoms with van der Waals surface area (Å²) in [5, 5.41) is 11.5.